The van der Waals surface area contributed by atoms with Crippen molar-refractivity contribution in [1.29, 1.82) is 0 Å². The third-order valence-electron chi connectivity index (χ3n) is 18.4. The Morgan fingerprint density at radius 1 is 0.326 bits per heavy atom. The number of carbonyl (C=O) groups is 2. The molecule has 0 heterocycles. The third-order valence-corrected chi connectivity index (χ3v) is 18.4. The molecule has 508 valence electrons. The number of hydrogen-bond acceptors (Lipinski definition) is 5. The van der Waals surface area contributed by atoms with Crippen LogP contribution >= 0.6 is 0 Å². The van der Waals surface area contributed by atoms with Crippen LogP contribution in [-0.4, -0.2) is 47.4 Å². The average Bonchev–Trinajstić information content (AvgIpc) is 3.59. The molecule has 0 aliphatic rings. The van der Waals surface area contributed by atoms with Gasteiger partial charge in [0, 0.05) is 12.8 Å². The van der Waals surface area contributed by atoms with E-state index in [1.54, 1.807) is 6.08 Å². The van der Waals surface area contributed by atoms with Crippen LogP contribution in [0.4, 0.5) is 0 Å². The summed E-state index contributed by atoms with van der Waals surface area (Å²) in [5, 5.41) is 23.3. The van der Waals surface area contributed by atoms with E-state index in [0.717, 1.165) is 44.9 Å². The Morgan fingerprint density at radius 3 is 0.884 bits per heavy atom. The van der Waals surface area contributed by atoms with E-state index in [4.69, 9.17) is 4.74 Å². The van der Waals surface area contributed by atoms with Gasteiger partial charge in [-0.15, -0.1) is 0 Å². The van der Waals surface area contributed by atoms with Gasteiger partial charge in [-0.1, -0.05) is 397 Å². The van der Waals surface area contributed by atoms with Gasteiger partial charge in [-0.25, -0.2) is 0 Å². The summed E-state index contributed by atoms with van der Waals surface area (Å²) < 4.78 is 5.51. The van der Waals surface area contributed by atoms with Crippen LogP contribution in [0.2, 0.25) is 0 Å². The van der Waals surface area contributed by atoms with Gasteiger partial charge in [-0.05, 0) is 64.2 Å². The normalized spacial score (nSPS) is 12.7. The van der Waals surface area contributed by atoms with Crippen LogP contribution in [0.5, 0.6) is 0 Å². The van der Waals surface area contributed by atoms with Gasteiger partial charge in [0.1, 0.15) is 0 Å². The van der Waals surface area contributed by atoms with Crippen LogP contribution in [0.1, 0.15) is 438 Å². The molecule has 0 saturated heterocycles. The number of allylic oxidation sites excluding steroid dienone is 5. The smallest absolute Gasteiger partial charge is 0.305 e. The minimum Gasteiger partial charge on any atom is -0.466 e. The maximum atomic E-state index is 12.5. The third kappa shape index (κ3) is 71.2. The molecule has 0 aliphatic heterocycles. The molecular formula is C80H153NO5. The number of aliphatic hydroxyl groups is 2. The molecule has 2 atom stereocenters. The second-order valence-corrected chi connectivity index (χ2v) is 27.0. The summed E-state index contributed by atoms with van der Waals surface area (Å²) in [6, 6.07) is -0.630. The number of carbonyl (C=O) groups excluding carboxylic acids is 2. The zero-order valence-electron chi connectivity index (χ0n) is 58.3. The highest BCUT2D eigenvalue weighted by Gasteiger charge is 2.18. The molecule has 0 bridgehead atoms. The average molecular weight is 1210 g/mol. The van der Waals surface area contributed by atoms with Gasteiger partial charge in [-0.2, -0.15) is 0 Å². The molecule has 0 fully saturated rings. The second-order valence-electron chi connectivity index (χ2n) is 27.0. The fourth-order valence-electron chi connectivity index (χ4n) is 12.4. The number of hydrogen-bond donors (Lipinski definition) is 3. The number of amides is 1. The van der Waals surface area contributed by atoms with Crippen LogP contribution in [0.3, 0.4) is 0 Å². The molecular weight excluding hydrogens is 1050 g/mol. The van der Waals surface area contributed by atoms with Crippen molar-refractivity contribution in [3.8, 4) is 0 Å². The Hall–Kier alpha value is -1.92. The minimum absolute atomic E-state index is 0.0165. The van der Waals surface area contributed by atoms with Gasteiger partial charge in [0.2, 0.25) is 5.91 Å². The van der Waals surface area contributed by atoms with E-state index >= 15 is 0 Å². The molecule has 6 heteroatoms. The monoisotopic (exact) mass is 1210 g/mol. The van der Waals surface area contributed by atoms with Gasteiger partial charge >= 0.3 is 5.97 Å². The first-order valence-electron chi connectivity index (χ1n) is 39.3. The van der Waals surface area contributed by atoms with Crippen molar-refractivity contribution in [3.63, 3.8) is 0 Å². The van der Waals surface area contributed by atoms with E-state index in [1.165, 1.54) is 366 Å². The largest absolute Gasteiger partial charge is 0.466 e. The van der Waals surface area contributed by atoms with Crippen molar-refractivity contribution < 1.29 is 24.5 Å². The lowest BCUT2D eigenvalue weighted by Gasteiger charge is -2.20. The number of esters is 1. The fourth-order valence-corrected chi connectivity index (χ4v) is 12.4. The van der Waals surface area contributed by atoms with E-state index in [2.05, 4.69) is 43.5 Å². The molecule has 2 unspecified atom stereocenters. The van der Waals surface area contributed by atoms with Gasteiger partial charge in [0.05, 0.1) is 25.4 Å². The maximum absolute atomic E-state index is 12.5. The van der Waals surface area contributed by atoms with Crippen molar-refractivity contribution in [2.75, 3.05) is 13.2 Å². The maximum Gasteiger partial charge on any atom is 0.305 e. The second kappa shape index (κ2) is 75.5. The molecule has 6 nitrogen and oxygen atoms in total. The first-order chi connectivity index (χ1) is 42.5. The molecule has 0 radical (unpaired) electrons. The number of aliphatic hydroxyl groups excluding tert-OH is 2. The molecule has 0 aromatic carbocycles. The first-order valence-corrected chi connectivity index (χ1v) is 39.3. The zero-order valence-corrected chi connectivity index (χ0v) is 58.3. The topological polar surface area (TPSA) is 95.9 Å². The molecule has 0 spiro atoms. The summed E-state index contributed by atoms with van der Waals surface area (Å²) in [7, 11) is 0. The zero-order chi connectivity index (χ0) is 62.0. The quantitative estimate of drug-likeness (QED) is 0.0320. The Kier molecular flexibility index (Phi) is 73.9. The standard InChI is InChI=1S/C80H153NO5/c1-3-5-7-9-11-13-15-17-19-21-22-23-31-34-37-41-44-48-52-56-60-64-68-72-78(83)77(76-82)81-79(84)73-69-65-61-57-53-49-45-42-38-35-32-29-27-25-24-26-28-30-33-36-39-43-47-51-55-59-63-67-71-75-86-80(85)74-70-66-62-58-54-50-46-40-20-18-16-14-12-10-8-6-4-2/h24,26,30,33,68,72,77-78,82-83H,3-23,25,27-29,31-32,34-67,69-71,73-76H2,1-2H3,(H,81,84)/b26-24-,33-30-,72-68+. The van der Waals surface area contributed by atoms with Crippen molar-refractivity contribution in [2.24, 2.45) is 0 Å². The number of ether oxygens (including phenoxy) is 1. The van der Waals surface area contributed by atoms with Crippen molar-refractivity contribution in [1.82, 2.24) is 5.32 Å². The molecule has 86 heavy (non-hydrogen) atoms. The van der Waals surface area contributed by atoms with Gasteiger partial charge in [-0.3, -0.25) is 9.59 Å². The Labute approximate surface area is 538 Å². The molecule has 3 N–H and O–H groups in total. The lowest BCUT2D eigenvalue weighted by Crippen LogP contribution is -2.45. The van der Waals surface area contributed by atoms with Gasteiger partial charge in [0.15, 0.2) is 0 Å². The molecule has 0 saturated carbocycles. The lowest BCUT2D eigenvalue weighted by molar-refractivity contribution is -0.143. The van der Waals surface area contributed by atoms with Crippen LogP contribution < -0.4 is 5.32 Å². The van der Waals surface area contributed by atoms with Crippen molar-refractivity contribution in [2.45, 2.75) is 450 Å². The Morgan fingerprint density at radius 2 is 0.581 bits per heavy atom. The van der Waals surface area contributed by atoms with Crippen LogP contribution in [-0.2, 0) is 14.3 Å². The van der Waals surface area contributed by atoms with E-state index < -0.39 is 12.1 Å². The highest BCUT2D eigenvalue weighted by atomic mass is 16.5. The summed E-state index contributed by atoms with van der Waals surface area (Å²) in [6.45, 7) is 4.95. The molecule has 0 rings (SSSR count). The number of nitrogens with one attached hydrogen (secondary N) is 1. The predicted molar refractivity (Wildman–Crippen MR) is 379 cm³/mol. The molecule has 0 aromatic rings. The highest BCUT2D eigenvalue weighted by Crippen LogP contribution is 2.19. The molecule has 0 aliphatic carbocycles. The molecule has 1 amide bonds. The summed E-state index contributed by atoms with van der Waals surface area (Å²) in [6.07, 6.45) is 98.3. The summed E-state index contributed by atoms with van der Waals surface area (Å²) in [5.41, 5.74) is 0. The Balaban J connectivity index is 3.41. The fraction of sp³-hybridized carbons (Fsp3) is 0.900. The van der Waals surface area contributed by atoms with E-state index in [1.807, 2.05) is 6.08 Å². The highest BCUT2D eigenvalue weighted by molar-refractivity contribution is 5.76. The van der Waals surface area contributed by atoms with Gasteiger partial charge in [0.25, 0.3) is 0 Å². The van der Waals surface area contributed by atoms with Crippen LogP contribution in [0, 0.1) is 0 Å². The SMILES string of the molecule is CCCCCCCCCCCCCCCCCCCCCCC/C=C/C(O)C(CO)NC(=O)CCCCCCCCCCCCCCC/C=C\C/C=C\CCCCCCCCCCCOC(=O)CCCCCCCCCCCCCCCCCCC. The van der Waals surface area contributed by atoms with Crippen LogP contribution in [0.15, 0.2) is 36.5 Å². The molecule has 0 aromatic heterocycles. The Bertz CT molecular complexity index is 1390. The van der Waals surface area contributed by atoms with Crippen molar-refractivity contribution in [3.05, 3.63) is 36.5 Å². The van der Waals surface area contributed by atoms with Crippen molar-refractivity contribution >= 4 is 11.9 Å². The van der Waals surface area contributed by atoms with E-state index in [9.17, 15) is 19.8 Å². The summed E-state index contributed by atoms with van der Waals surface area (Å²) >= 11 is 0. The lowest BCUT2D eigenvalue weighted by atomic mass is 10.0. The summed E-state index contributed by atoms with van der Waals surface area (Å²) in [5.74, 6) is -0.0480. The first kappa shape index (κ1) is 84.1. The number of unbranched alkanes of at least 4 members (excludes halogenated alkanes) is 59. The minimum atomic E-state index is -0.847. The van der Waals surface area contributed by atoms with Gasteiger partial charge < -0.3 is 20.3 Å². The van der Waals surface area contributed by atoms with E-state index in [-0.39, 0.29) is 18.5 Å². The number of rotatable bonds is 74. The van der Waals surface area contributed by atoms with E-state index in [0.29, 0.717) is 19.4 Å². The van der Waals surface area contributed by atoms with Crippen LogP contribution in [0.25, 0.3) is 0 Å². The predicted octanol–water partition coefficient (Wildman–Crippen LogP) is 25.8. The summed E-state index contributed by atoms with van der Waals surface area (Å²) in [4.78, 5) is 24.7.